The number of carboxylic acid groups (broad SMARTS) is 1. The second-order valence-corrected chi connectivity index (χ2v) is 7.64. The molecule has 0 aliphatic rings. The summed E-state index contributed by atoms with van der Waals surface area (Å²) < 4.78 is 4.19. The summed E-state index contributed by atoms with van der Waals surface area (Å²) >= 11 is 0. The monoisotopic (exact) mass is 428 g/mol. The SMILES string of the molecule is Cc1ncc(Cc2cnc3c(-c4ccc5ccn(C)c5c4)cc(N)cc3n2)n1C.O=CO. The van der Waals surface area contributed by atoms with Gasteiger partial charge < -0.3 is 20.0 Å². The molecule has 0 saturated heterocycles. The lowest BCUT2D eigenvalue weighted by Crippen LogP contribution is -2.02. The smallest absolute Gasteiger partial charge is 0.290 e. The quantitative estimate of drug-likeness (QED) is 0.335. The number of benzene rings is 2. The molecule has 0 aliphatic heterocycles. The minimum absolute atomic E-state index is 0.250. The Labute approximate surface area is 185 Å². The normalized spacial score (nSPS) is 10.8. The van der Waals surface area contributed by atoms with Crippen LogP contribution in [0.15, 0.2) is 55.0 Å². The van der Waals surface area contributed by atoms with Crippen molar-refractivity contribution in [2.24, 2.45) is 14.1 Å². The lowest BCUT2D eigenvalue weighted by Gasteiger charge is -2.10. The van der Waals surface area contributed by atoms with E-state index in [1.165, 1.54) is 10.9 Å². The number of aromatic nitrogens is 5. The highest BCUT2D eigenvalue weighted by atomic mass is 16.3. The van der Waals surface area contributed by atoms with E-state index in [1.807, 2.05) is 38.5 Å². The minimum atomic E-state index is -0.250. The molecule has 0 saturated carbocycles. The molecule has 0 spiro atoms. The standard InChI is InChI=1S/C23H22N6.CH2O2/c1-14-25-13-19(29(14)3)11-18-12-26-23-20(9-17(24)10-21(23)27-18)16-5-4-15-6-7-28(2)22(15)8-16;2-1-3/h4-10,12-13H,11,24H2,1-3H3;1H,(H,2,3). The van der Waals surface area contributed by atoms with Gasteiger partial charge in [-0.05, 0) is 42.1 Å². The van der Waals surface area contributed by atoms with Gasteiger partial charge in [0.15, 0.2) is 0 Å². The molecule has 32 heavy (non-hydrogen) atoms. The van der Waals surface area contributed by atoms with Crippen molar-refractivity contribution in [1.82, 2.24) is 24.1 Å². The Kier molecular flexibility index (Phi) is 5.59. The van der Waals surface area contributed by atoms with Crippen molar-refractivity contribution < 1.29 is 9.90 Å². The van der Waals surface area contributed by atoms with Crippen LogP contribution in [-0.4, -0.2) is 35.7 Å². The number of rotatable bonds is 3. The predicted octanol–water partition coefficient (Wildman–Crippen LogP) is 3.70. The zero-order chi connectivity index (χ0) is 22.8. The Hall–Kier alpha value is -4.20. The number of hydrogen-bond acceptors (Lipinski definition) is 5. The number of imidazole rings is 1. The van der Waals surface area contributed by atoms with Gasteiger partial charge in [-0.25, -0.2) is 9.97 Å². The summed E-state index contributed by atoms with van der Waals surface area (Å²) in [6.45, 7) is 1.74. The summed E-state index contributed by atoms with van der Waals surface area (Å²) in [6.07, 6.45) is 6.49. The first-order valence-electron chi connectivity index (χ1n) is 10.1. The van der Waals surface area contributed by atoms with Crippen LogP contribution in [-0.2, 0) is 25.3 Å². The highest BCUT2D eigenvalue weighted by molar-refractivity contribution is 5.96. The fourth-order valence-electron chi connectivity index (χ4n) is 3.82. The highest BCUT2D eigenvalue weighted by Crippen LogP contribution is 2.31. The van der Waals surface area contributed by atoms with Crippen LogP contribution in [0.4, 0.5) is 5.69 Å². The number of fused-ring (bicyclic) bond motifs is 2. The predicted molar refractivity (Wildman–Crippen MR) is 125 cm³/mol. The highest BCUT2D eigenvalue weighted by Gasteiger charge is 2.12. The van der Waals surface area contributed by atoms with Crippen LogP contribution < -0.4 is 5.73 Å². The van der Waals surface area contributed by atoms with Crippen molar-refractivity contribution in [3.63, 3.8) is 0 Å². The van der Waals surface area contributed by atoms with Gasteiger partial charge in [-0.1, -0.05) is 12.1 Å². The molecule has 162 valence electrons. The second-order valence-electron chi connectivity index (χ2n) is 7.64. The summed E-state index contributed by atoms with van der Waals surface area (Å²) in [7, 11) is 4.07. The van der Waals surface area contributed by atoms with Gasteiger partial charge in [0.2, 0.25) is 0 Å². The van der Waals surface area contributed by atoms with Gasteiger partial charge in [-0.3, -0.25) is 9.78 Å². The molecule has 5 aromatic rings. The molecule has 3 N–H and O–H groups in total. The molecule has 0 radical (unpaired) electrons. The van der Waals surface area contributed by atoms with E-state index in [4.69, 9.17) is 25.6 Å². The topological polar surface area (TPSA) is 112 Å². The molecule has 0 atom stereocenters. The maximum Gasteiger partial charge on any atom is 0.290 e. The van der Waals surface area contributed by atoms with Crippen LogP contribution >= 0.6 is 0 Å². The van der Waals surface area contributed by atoms with Crippen LogP contribution in [0.5, 0.6) is 0 Å². The first-order valence-corrected chi connectivity index (χ1v) is 10.1. The van der Waals surface area contributed by atoms with E-state index in [2.05, 4.69) is 51.6 Å². The van der Waals surface area contributed by atoms with E-state index in [0.29, 0.717) is 12.1 Å². The third-order valence-corrected chi connectivity index (χ3v) is 5.60. The molecule has 0 unspecified atom stereocenters. The Bertz CT molecular complexity index is 1430. The molecule has 0 aliphatic carbocycles. The van der Waals surface area contributed by atoms with Gasteiger partial charge in [0.25, 0.3) is 6.47 Å². The van der Waals surface area contributed by atoms with Crippen molar-refractivity contribution in [1.29, 1.82) is 0 Å². The summed E-state index contributed by atoms with van der Waals surface area (Å²) in [6, 6.07) is 12.4. The molecule has 0 bridgehead atoms. The maximum atomic E-state index is 8.36. The van der Waals surface area contributed by atoms with E-state index in [1.54, 1.807) is 0 Å². The van der Waals surface area contributed by atoms with Crippen molar-refractivity contribution in [2.45, 2.75) is 13.3 Å². The number of nitrogen functional groups attached to an aromatic ring is 1. The number of carbonyl (C=O) groups is 1. The fraction of sp³-hybridized carbons (Fsp3) is 0.167. The molecule has 0 fully saturated rings. The number of aryl methyl sites for hydroxylation is 2. The van der Waals surface area contributed by atoms with E-state index < -0.39 is 0 Å². The minimum Gasteiger partial charge on any atom is -0.483 e. The van der Waals surface area contributed by atoms with Gasteiger partial charge in [0, 0.05) is 61.6 Å². The molecule has 2 aromatic carbocycles. The Balaban J connectivity index is 0.000000775. The van der Waals surface area contributed by atoms with Crippen molar-refractivity contribution in [3.05, 3.63) is 72.2 Å². The van der Waals surface area contributed by atoms with Crippen LogP contribution in [0.2, 0.25) is 0 Å². The van der Waals surface area contributed by atoms with Crippen LogP contribution in [0.25, 0.3) is 33.1 Å². The van der Waals surface area contributed by atoms with Gasteiger partial charge in [0.1, 0.15) is 5.82 Å². The van der Waals surface area contributed by atoms with Crippen molar-refractivity contribution >= 4 is 34.1 Å². The van der Waals surface area contributed by atoms with E-state index in [9.17, 15) is 0 Å². The van der Waals surface area contributed by atoms with E-state index >= 15 is 0 Å². The van der Waals surface area contributed by atoms with Crippen LogP contribution in [0, 0.1) is 6.92 Å². The Morgan fingerprint density at radius 3 is 2.59 bits per heavy atom. The van der Waals surface area contributed by atoms with E-state index in [-0.39, 0.29) is 6.47 Å². The molecule has 3 heterocycles. The van der Waals surface area contributed by atoms with Crippen molar-refractivity contribution in [3.8, 4) is 11.1 Å². The Morgan fingerprint density at radius 1 is 1.09 bits per heavy atom. The summed E-state index contributed by atoms with van der Waals surface area (Å²) in [5.41, 5.74) is 13.8. The molecule has 8 heteroatoms. The van der Waals surface area contributed by atoms with E-state index in [0.717, 1.165) is 39.4 Å². The number of nitrogens with two attached hydrogens (primary N) is 1. The van der Waals surface area contributed by atoms with Gasteiger partial charge >= 0.3 is 0 Å². The maximum absolute atomic E-state index is 8.36. The molecule has 3 aromatic heterocycles. The first-order chi connectivity index (χ1) is 15.4. The largest absolute Gasteiger partial charge is 0.483 e. The van der Waals surface area contributed by atoms with Crippen molar-refractivity contribution in [2.75, 3.05) is 5.73 Å². The van der Waals surface area contributed by atoms with Gasteiger partial charge in [-0.2, -0.15) is 0 Å². The molecule has 8 nitrogen and oxygen atoms in total. The Morgan fingerprint density at radius 2 is 1.88 bits per heavy atom. The lowest BCUT2D eigenvalue weighted by molar-refractivity contribution is -0.122. The second kappa shape index (κ2) is 8.50. The first kappa shape index (κ1) is 21.0. The summed E-state index contributed by atoms with van der Waals surface area (Å²) in [5.74, 6) is 0.983. The molecule has 5 rings (SSSR count). The van der Waals surface area contributed by atoms with Crippen LogP contribution in [0.1, 0.15) is 17.2 Å². The van der Waals surface area contributed by atoms with Gasteiger partial charge in [0.05, 0.1) is 16.7 Å². The lowest BCUT2D eigenvalue weighted by atomic mass is 10.0. The van der Waals surface area contributed by atoms with Gasteiger partial charge in [-0.15, -0.1) is 0 Å². The molecular weight excluding hydrogens is 404 g/mol. The third kappa shape index (κ3) is 3.90. The molecular formula is C24H24N6O2. The number of anilines is 1. The fourth-order valence-corrected chi connectivity index (χ4v) is 3.82. The average Bonchev–Trinajstić information content (AvgIpc) is 3.30. The third-order valence-electron chi connectivity index (χ3n) is 5.60. The number of hydrogen-bond donors (Lipinski definition) is 2. The molecule has 0 amide bonds. The summed E-state index contributed by atoms with van der Waals surface area (Å²) in [4.78, 5) is 22.3. The zero-order valence-electron chi connectivity index (χ0n) is 18.1. The summed E-state index contributed by atoms with van der Waals surface area (Å²) in [5, 5.41) is 8.10. The van der Waals surface area contributed by atoms with Crippen LogP contribution in [0.3, 0.4) is 0 Å². The number of nitrogens with zero attached hydrogens (tertiary/aromatic N) is 5. The zero-order valence-corrected chi connectivity index (χ0v) is 18.1. The average molecular weight is 428 g/mol.